The summed E-state index contributed by atoms with van der Waals surface area (Å²) in [6.07, 6.45) is 7.80. The molecule has 1 fully saturated rings. The lowest BCUT2D eigenvalue weighted by atomic mass is 10.1. The Labute approximate surface area is 201 Å². The van der Waals surface area contributed by atoms with E-state index in [9.17, 15) is 9.59 Å². The van der Waals surface area contributed by atoms with Gasteiger partial charge in [0, 0.05) is 49.2 Å². The molecule has 9 heteroatoms. The highest BCUT2D eigenvalue weighted by molar-refractivity contribution is 6.10. The Hall–Kier alpha value is -3.88. The Morgan fingerprint density at radius 3 is 2.53 bits per heavy atom. The number of nitrogens with two attached hydrogens (primary N) is 1. The number of amidine groups is 1. The van der Waals surface area contributed by atoms with Gasteiger partial charge in [0.2, 0.25) is 11.8 Å². The zero-order chi connectivity index (χ0) is 25.1. The Balaban J connectivity index is 2.32. The summed E-state index contributed by atoms with van der Waals surface area (Å²) in [5, 5.41) is 10.4. The molecule has 0 radical (unpaired) electrons. The molecule has 9 nitrogen and oxygen atoms in total. The third-order valence-corrected chi connectivity index (χ3v) is 5.37. The average Bonchev–Trinajstić information content (AvgIpc) is 2.85. The SMILES string of the molecule is C=CC(=O)N1CCN(C(/C=C(\C)C(=O)Nc2cccc(N)c2C=N)=N/C(=C/CCC)OC)CC1. The summed E-state index contributed by atoms with van der Waals surface area (Å²) in [7, 11) is 1.56. The minimum absolute atomic E-state index is 0.103. The Morgan fingerprint density at radius 1 is 1.26 bits per heavy atom. The number of unbranched alkanes of at least 4 members (excludes halogenated alkanes) is 1. The zero-order valence-corrected chi connectivity index (χ0v) is 20.1. The number of hydrogen-bond acceptors (Lipinski definition) is 6. The van der Waals surface area contributed by atoms with Crippen LogP contribution in [0.5, 0.6) is 0 Å². The molecule has 1 aliphatic rings. The van der Waals surface area contributed by atoms with Crippen LogP contribution in [-0.2, 0) is 14.3 Å². The third-order valence-electron chi connectivity index (χ3n) is 5.37. The summed E-state index contributed by atoms with van der Waals surface area (Å²) >= 11 is 0. The molecule has 4 N–H and O–H groups in total. The Kier molecular flexibility index (Phi) is 10.1. The lowest BCUT2D eigenvalue weighted by Crippen LogP contribution is -2.50. The van der Waals surface area contributed by atoms with Crippen molar-refractivity contribution >= 4 is 35.2 Å². The van der Waals surface area contributed by atoms with E-state index in [-0.39, 0.29) is 11.8 Å². The van der Waals surface area contributed by atoms with Crippen molar-refractivity contribution in [1.29, 1.82) is 5.41 Å². The molecule has 1 aromatic carbocycles. The lowest BCUT2D eigenvalue weighted by Gasteiger charge is -2.35. The number of aliphatic imine (C=N–C) groups is 1. The van der Waals surface area contributed by atoms with Crippen LogP contribution in [0.15, 0.2) is 59.5 Å². The number of piperazine rings is 1. The molecule has 0 spiro atoms. The summed E-state index contributed by atoms with van der Waals surface area (Å²) in [5.41, 5.74) is 7.66. The second-order valence-electron chi connectivity index (χ2n) is 7.76. The number of methoxy groups -OCH3 is 1. The van der Waals surface area contributed by atoms with Crippen LogP contribution in [0, 0.1) is 5.41 Å². The molecule has 1 heterocycles. The zero-order valence-electron chi connectivity index (χ0n) is 20.1. The molecule has 0 aliphatic carbocycles. The summed E-state index contributed by atoms with van der Waals surface area (Å²) < 4.78 is 5.43. The monoisotopic (exact) mass is 466 g/mol. The number of nitrogens with zero attached hydrogens (tertiary/aromatic N) is 3. The van der Waals surface area contributed by atoms with Gasteiger partial charge in [0.05, 0.1) is 12.8 Å². The van der Waals surface area contributed by atoms with E-state index < -0.39 is 0 Å². The Bertz CT molecular complexity index is 1000. The molecule has 0 unspecified atom stereocenters. The van der Waals surface area contributed by atoms with Crippen molar-refractivity contribution < 1.29 is 14.3 Å². The van der Waals surface area contributed by atoms with E-state index in [0.717, 1.165) is 19.1 Å². The fraction of sp³-hybridized carbons (Fsp3) is 0.360. The smallest absolute Gasteiger partial charge is 0.251 e. The minimum Gasteiger partial charge on any atom is -0.481 e. The second kappa shape index (κ2) is 13.0. The van der Waals surface area contributed by atoms with Gasteiger partial charge in [-0.05, 0) is 43.7 Å². The van der Waals surface area contributed by atoms with Crippen LogP contribution < -0.4 is 11.1 Å². The molecule has 0 aromatic heterocycles. The molecule has 0 bridgehead atoms. The van der Waals surface area contributed by atoms with Crippen molar-refractivity contribution in [2.24, 2.45) is 4.99 Å². The van der Waals surface area contributed by atoms with Crippen molar-refractivity contribution in [2.75, 3.05) is 44.3 Å². The van der Waals surface area contributed by atoms with Crippen molar-refractivity contribution in [1.82, 2.24) is 9.80 Å². The number of anilines is 2. The predicted molar refractivity (Wildman–Crippen MR) is 137 cm³/mol. The van der Waals surface area contributed by atoms with Crippen LogP contribution in [-0.4, -0.2) is 67.0 Å². The number of carbonyl (C=O) groups is 2. The molecule has 1 saturated heterocycles. The largest absolute Gasteiger partial charge is 0.481 e. The Morgan fingerprint density at radius 2 is 1.94 bits per heavy atom. The van der Waals surface area contributed by atoms with Gasteiger partial charge < -0.3 is 31.0 Å². The lowest BCUT2D eigenvalue weighted by molar-refractivity contribution is -0.127. The van der Waals surface area contributed by atoms with Crippen molar-refractivity contribution in [3.05, 3.63) is 60.0 Å². The number of carbonyl (C=O) groups excluding carboxylic acids is 2. The predicted octanol–water partition coefficient (Wildman–Crippen LogP) is 3.17. The standard InChI is InChI=1S/C25H34N6O3/c1-5-7-11-23(34-4)29-22(30-12-14-31(15-13-30)24(32)6-2)16-18(3)25(33)28-21-10-8-9-20(27)19(21)17-26/h6,8-11,16-17,26H,2,5,7,12-15,27H2,1,3-4H3,(H,28,33)/b18-16+,23-11-,26-17?,29-22+. The first kappa shape index (κ1) is 26.4. The van der Waals surface area contributed by atoms with Gasteiger partial charge in [-0.15, -0.1) is 0 Å². The van der Waals surface area contributed by atoms with Crippen LogP contribution in [0.2, 0.25) is 0 Å². The second-order valence-corrected chi connectivity index (χ2v) is 7.76. The van der Waals surface area contributed by atoms with Gasteiger partial charge in [0.1, 0.15) is 5.84 Å². The van der Waals surface area contributed by atoms with E-state index >= 15 is 0 Å². The fourth-order valence-corrected chi connectivity index (χ4v) is 3.37. The summed E-state index contributed by atoms with van der Waals surface area (Å²) in [6, 6.07) is 5.09. The summed E-state index contributed by atoms with van der Waals surface area (Å²) in [5.74, 6) is 0.599. The van der Waals surface area contributed by atoms with E-state index in [0.29, 0.717) is 60.4 Å². The normalized spacial score (nSPS) is 15.1. The quantitative estimate of drug-likeness (QED) is 0.170. The molecule has 182 valence electrons. The maximum absolute atomic E-state index is 12.9. The molecule has 0 atom stereocenters. The van der Waals surface area contributed by atoms with Gasteiger partial charge >= 0.3 is 0 Å². The third kappa shape index (κ3) is 7.06. The van der Waals surface area contributed by atoms with Crippen LogP contribution in [0.1, 0.15) is 32.3 Å². The van der Waals surface area contributed by atoms with Crippen LogP contribution in [0.25, 0.3) is 0 Å². The van der Waals surface area contributed by atoms with E-state index in [1.807, 2.05) is 11.0 Å². The number of allylic oxidation sites excluding steroid dienone is 1. The number of amides is 2. The molecular formula is C25H34N6O3. The van der Waals surface area contributed by atoms with E-state index in [2.05, 4.69) is 23.8 Å². The first-order valence-corrected chi connectivity index (χ1v) is 11.2. The number of ether oxygens (including phenoxy) is 1. The molecule has 0 saturated carbocycles. The number of rotatable bonds is 9. The van der Waals surface area contributed by atoms with Gasteiger partial charge in [-0.25, -0.2) is 0 Å². The molecule has 1 aliphatic heterocycles. The molecule has 1 aromatic rings. The van der Waals surface area contributed by atoms with Crippen LogP contribution >= 0.6 is 0 Å². The van der Waals surface area contributed by atoms with Gasteiger partial charge in [0.15, 0.2) is 0 Å². The minimum atomic E-state index is -0.335. The summed E-state index contributed by atoms with van der Waals surface area (Å²) in [6.45, 7) is 9.48. The van der Waals surface area contributed by atoms with E-state index in [1.54, 1.807) is 43.2 Å². The number of nitrogen functional groups attached to an aromatic ring is 1. The topological polar surface area (TPSA) is 124 Å². The number of nitrogens with one attached hydrogen (secondary N) is 2. The average molecular weight is 467 g/mol. The van der Waals surface area contributed by atoms with E-state index in [1.165, 1.54) is 6.08 Å². The van der Waals surface area contributed by atoms with Gasteiger partial charge in [-0.2, -0.15) is 4.99 Å². The van der Waals surface area contributed by atoms with Crippen LogP contribution in [0.4, 0.5) is 11.4 Å². The first-order valence-electron chi connectivity index (χ1n) is 11.2. The maximum atomic E-state index is 12.9. The highest BCUT2D eigenvalue weighted by Crippen LogP contribution is 2.20. The number of benzene rings is 1. The highest BCUT2D eigenvalue weighted by atomic mass is 16.5. The summed E-state index contributed by atoms with van der Waals surface area (Å²) in [4.78, 5) is 33.3. The van der Waals surface area contributed by atoms with Crippen molar-refractivity contribution in [2.45, 2.75) is 26.7 Å². The van der Waals surface area contributed by atoms with Crippen molar-refractivity contribution in [3.63, 3.8) is 0 Å². The maximum Gasteiger partial charge on any atom is 0.251 e. The molecular weight excluding hydrogens is 432 g/mol. The van der Waals surface area contributed by atoms with Gasteiger partial charge in [0.25, 0.3) is 5.91 Å². The molecule has 34 heavy (non-hydrogen) atoms. The van der Waals surface area contributed by atoms with Crippen molar-refractivity contribution in [3.8, 4) is 0 Å². The number of hydrogen-bond donors (Lipinski definition) is 3. The van der Waals surface area contributed by atoms with E-state index in [4.69, 9.17) is 15.9 Å². The highest BCUT2D eigenvalue weighted by Gasteiger charge is 2.22. The van der Waals surface area contributed by atoms with Gasteiger partial charge in [-0.1, -0.05) is 26.0 Å². The molecule has 2 amide bonds. The fourth-order valence-electron chi connectivity index (χ4n) is 3.37. The van der Waals surface area contributed by atoms with Gasteiger partial charge in [-0.3, -0.25) is 9.59 Å². The molecule has 2 rings (SSSR count). The first-order chi connectivity index (χ1) is 16.3. The van der Waals surface area contributed by atoms with Crippen LogP contribution in [0.3, 0.4) is 0 Å².